The number of alkyl halides is 3. The number of nitrogens with one attached hydrogen (secondary N) is 1. The molecule has 2 heterocycles. The molecule has 1 fully saturated rings. The highest BCUT2D eigenvalue weighted by molar-refractivity contribution is 7.11. The van der Waals surface area contributed by atoms with Gasteiger partial charge in [0.15, 0.2) is 0 Å². The van der Waals surface area contributed by atoms with E-state index >= 15 is 0 Å². The molecule has 0 atom stereocenters. The molecule has 1 aliphatic carbocycles. The molecule has 22 heavy (non-hydrogen) atoms. The summed E-state index contributed by atoms with van der Waals surface area (Å²) in [6.45, 7) is 0. The number of thiophene rings is 2. The minimum absolute atomic E-state index is 0.104. The van der Waals surface area contributed by atoms with E-state index in [0.29, 0.717) is 12.8 Å². The van der Waals surface area contributed by atoms with Crippen LogP contribution in [0.5, 0.6) is 0 Å². The Kier molecular flexibility index (Phi) is 4.90. The first-order valence-corrected chi connectivity index (χ1v) is 9.19. The van der Waals surface area contributed by atoms with E-state index in [0.717, 1.165) is 0 Å². The van der Waals surface area contributed by atoms with Gasteiger partial charge in [-0.2, -0.15) is 13.2 Å². The van der Waals surface area contributed by atoms with Gasteiger partial charge in [-0.25, -0.2) is 0 Å². The summed E-state index contributed by atoms with van der Waals surface area (Å²) < 4.78 is 38.3. The smallest absolute Gasteiger partial charge is 0.302 e. The molecule has 3 rings (SSSR count). The molecule has 1 nitrogen and oxygen atoms in total. The first-order chi connectivity index (χ1) is 10.5. The van der Waals surface area contributed by atoms with E-state index in [2.05, 4.69) is 17.4 Å². The van der Waals surface area contributed by atoms with Crippen LogP contribution in [0.25, 0.3) is 0 Å². The third-order valence-electron chi connectivity index (χ3n) is 4.25. The molecule has 0 spiro atoms. The van der Waals surface area contributed by atoms with E-state index in [-0.39, 0.29) is 24.9 Å². The molecule has 1 N–H and O–H groups in total. The van der Waals surface area contributed by atoms with Crippen LogP contribution in [0.15, 0.2) is 35.0 Å². The quantitative estimate of drug-likeness (QED) is 0.759. The van der Waals surface area contributed by atoms with Crippen molar-refractivity contribution in [3.8, 4) is 0 Å². The summed E-state index contributed by atoms with van der Waals surface area (Å²) in [5, 5.41) is 7.67. The average Bonchev–Trinajstić information content (AvgIpc) is 3.18. The third-order valence-corrected chi connectivity index (χ3v) is 6.12. The predicted molar refractivity (Wildman–Crippen MR) is 85.4 cm³/mol. The van der Waals surface area contributed by atoms with Gasteiger partial charge < -0.3 is 5.32 Å². The van der Waals surface area contributed by atoms with E-state index < -0.39 is 12.1 Å². The third kappa shape index (κ3) is 3.73. The van der Waals surface area contributed by atoms with Gasteiger partial charge in [-0.1, -0.05) is 12.1 Å². The molecule has 2 aromatic heterocycles. The largest absolute Gasteiger partial charge is 0.391 e. The summed E-state index contributed by atoms with van der Waals surface area (Å²) >= 11 is 3.37. The van der Waals surface area contributed by atoms with Gasteiger partial charge >= 0.3 is 6.18 Å². The number of rotatable bonds is 4. The zero-order valence-electron chi connectivity index (χ0n) is 12.0. The monoisotopic (exact) mass is 345 g/mol. The normalized spacial score (nSPS) is 23.1. The summed E-state index contributed by atoms with van der Waals surface area (Å²) in [6.07, 6.45) is -2.37. The zero-order valence-corrected chi connectivity index (χ0v) is 13.6. The van der Waals surface area contributed by atoms with E-state index in [1.54, 1.807) is 22.7 Å². The predicted octanol–water partition coefficient (Wildman–Crippen LogP) is 5.61. The van der Waals surface area contributed by atoms with Crippen molar-refractivity contribution in [1.29, 1.82) is 0 Å². The van der Waals surface area contributed by atoms with Crippen molar-refractivity contribution < 1.29 is 13.2 Å². The van der Waals surface area contributed by atoms with Crippen molar-refractivity contribution in [2.45, 2.75) is 43.9 Å². The van der Waals surface area contributed by atoms with Crippen LogP contribution in [-0.2, 0) is 0 Å². The Morgan fingerprint density at radius 3 is 1.91 bits per heavy atom. The van der Waals surface area contributed by atoms with Crippen LogP contribution < -0.4 is 5.32 Å². The molecule has 1 saturated carbocycles. The minimum Gasteiger partial charge on any atom is -0.302 e. The van der Waals surface area contributed by atoms with Crippen LogP contribution in [0.3, 0.4) is 0 Å². The van der Waals surface area contributed by atoms with Gasteiger partial charge in [0.2, 0.25) is 0 Å². The zero-order chi connectivity index (χ0) is 15.6. The molecular weight excluding hydrogens is 327 g/mol. The topological polar surface area (TPSA) is 12.0 Å². The summed E-state index contributed by atoms with van der Waals surface area (Å²) in [7, 11) is 0. The summed E-state index contributed by atoms with van der Waals surface area (Å²) in [5.41, 5.74) is 0. The van der Waals surface area contributed by atoms with Crippen molar-refractivity contribution in [3.63, 3.8) is 0 Å². The Morgan fingerprint density at radius 2 is 1.50 bits per heavy atom. The first-order valence-electron chi connectivity index (χ1n) is 7.43. The van der Waals surface area contributed by atoms with Crippen LogP contribution in [0.4, 0.5) is 13.2 Å². The van der Waals surface area contributed by atoms with E-state index in [4.69, 9.17) is 0 Å². The van der Waals surface area contributed by atoms with Gasteiger partial charge in [0.1, 0.15) is 0 Å². The van der Waals surface area contributed by atoms with Crippen molar-refractivity contribution >= 4 is 22.7 Å². The maximum absolute atomic E-state index is 12.8. The van der Waals surface area contributed by atoms with Crippen molar-refractivity contribution in [2.75, 3.05) is 0 Å². The standard InChI is InChI=1S/C16H18F3NS2/c17-16(18,19)11-5-7-12(8-6-11)20-15(13-3-1-9-21-13)14-4-2-10-22-14/h1-4,9-12,15,20H,5-8H2. The van der Waals surface area contributed by atoms with Crippen LogP contribution in [0.2, 0.25) is 0 Å². The van der Waals surface area contributed by atoms with Crippen molar-refractivity contribution in [2.24, 2.45) is 5.92 Å². The Balaban J connectivity index is 1.66. The van der Waals surface area contributed by atoms with E-state index in [1.807, 2.05) is 22.9 Å². The Labute approximate surface area is 136 Å². The van der Waals surface area contributed by atoms with Crippen molar-refractivity contribution in [1.82, 2.24) is 5.32 Å². The Bertz CT molecular complexity index is 520. The maximum Gasteiger partial charge on any atom is 0.391 e. The lowest BCUT2D eigenvalue weighted by Gasteiger charge is -2.32. The van der Waals surface area contributed by atoms with Gasteiger partial charge in [0.05, 0.1) is 12.0 Å². The van der Waals surface area contributed by atoms with Crippen LogP contribution >= 0.6 is 22.7 Å². The van der Waals surface area contributed by atoms with Crippen LogP contribution in [-0.4, -0.2) is 12.2 Å². The molecule has 0 saturated heterocycles. The summed E-state index contributed by atoms with van der Waals surface area (Å²) in [4.78, 5) is 2.45. The molecule has 0 bridgehead atoms. The molecule has 2 aromatic rings. The Hall–Kier alpha value is -0.850. The Morgan fingerprint density at radius 1 is 0.955 bits per heavy atom. The van der Waals surface area contributed by atoms with E-state index in [1.165, 1.54) is 9.75 Å². The number of hydrogen-bond acceptors (Lipinski definition) is 3. The van der Waals surface area contributed by atoms with Crippen LogP contribution in [0.1, 0.15) is 41.5 Å². The highest BCUT2D eigenvalue weighted by atomic mass is 32.1. The lowest BCUT2D eigenvalue weighted by atomic mass is 9.85. The summed E-state index contributed by atoms with van der Waals surface area (Å²) in [5.74, 6) is -1.12. The number of hydrogen-bond donors (Lipinski definition) is 1. The SMILES string of the molecule is FC(F)(F)C1CCC(NC(c2cccs2)c2cccs2)CC1. The number of halogens is 3. The lowest BCUT2D eigenvalue weighted by Crippen LogP contribution is -2.38. The van der Waals surface area contributed by atoms with Gasteiger partial charge in [0, 0.05) is 15.8 Å². The molecule has 1 aliphatic rings. The summed E-state index contributed by atoms with van der Waals surface area (Å²) in [6, 6.07) is 8.47. The molecule has 0 aromatic carbocycles. The molecule has 120 valence electrons. The van der Waals surface area contributed by atoms with E-state index in [9.17, 15) is 13.2 Å². The molecular formula is C16H18F3NS2. The lowest BCUT2D eigenvalue weighted by molar-refractivity contribution is -0.182. The minimum atomic E-state index is -4.04. The second kappa shape index (κ2) is 6.72. The van der Waals surface area contributed by atoms with Crippen molar-refractivity contribution in [3.05, 3.63) is 44.8 Å². The fraction of sp³-hybridized carbons (Fsp3) is 0.500. The molecule has 0 unspecified atom stereocenters. The van der Waals surface area contributed by atoms with Gasteiger partial charge in [-0.05, 0) is 48.6 Å². The van der Waals surface area contributed by atoms with Gasteiger partial charge in [-0.3, -0.25) is 0 Å². The average molecular weight is 345 g/mol. The molecule has 6 heteroatoms. The molecule has 0 amide bonds. The highest BCUT2D eigenvalue weighted by Gasteiger charge is 2.41. The van der Waals surface area contributed by atoms with Gasteiger partial charge in [-0.15, -0.1) is 22.7 Å². The fourth-order valence-electron chi connectivity index (χ4n) is 3.04. The molecule has 0 radical (unpaired) electrons. The first kappa shape index (κ1) is 16.0. The van der Waals surface area contributed by atoms with Crippen LogP contribution in [0, 0.1) is 5.92 Å². The van der Waals surface area contributed by atoms with Gasteiger partial charge in [0.25, 0.3) is 0 Å². The maximum atomic E-state index is 12.8. The fourth-order valence-corrected chi connectivity index (χ4v) is 4.72. The second-order valence-electron chi connectivity index (χ2n) is 5.72. The molecule has 0 aliphatic heterocycles. The highest BCUT2D eigenvalue weighted by Crippen LogP contribution is 2.39. The second-order valence-corrected chi connectivity index (χ2v) is 7.68.